The zero-order chi connectivity index (χ0) is 9.14. The van der Waals surface area contributed by atoms with E-state index in [-0.39, 0.29) is 0 Å². The third-order valence-electron chi connectivity index (χ3n) is 1.72. The first-order chi connectivity index (χ1) is 5.65. The van der Waals surface area contributed by atoms with E-state index in [2.05, 4.69) is 39.5 Å². The number of benzene rings is 1. The molecule has 0 saturated heterocycles. The zero-order valence-corrected chi connectivity index (χ0v) is 8.93. The number of hydrogen-bond acceptors (Lipinski definition) is 1. The summed E-state index contributed by atoms with van der Waals surface area (Å²) in [6.07, 6.45) is 1.84. The Morgan fingerprint density at radius 2 is 2.08 bits per heavy atom. The minimum Gasteiger partial charge on any atom is -0.378 e. The van der Waals surface area contributed by atoms with E-state index in [1.165, 1.54) is 5.69 Å². The van der Waals surface area contributed by atoms with Gasteiger partial charge in [0.25, 0.3) is 0 Å². The molecule has 1 aromatic carbocycles. The molecular formula is C10H12BrN. The Bertz CT molecular complexity index is 292. The van der Waals surface area contributed by atoms with Gasteiger partial charge in [-0.1, -0.05) is 34.7 Å². The van der Waals surface area contributed by atoms with Gasteiger partial charge in [-0.3, -0.25) is 0 Å². The molecule has 0 heterocycles. The molecule has 0 fully saturated rings. The molecule has 0 amide bonds. The molecule has 12 heavy (non-hydrogen) atoms. The SMILES string of the molecule is C=Cc1ccc(N(C)C)cc1Br. The van der Waals surface area contributed by atoms with Gasteiger partial charge in [0.2, 0.25) is 0 Å². The fraction of sp³-hybridized carbons (Fsp3) is 0.200. The number of halogens is 1. The van der Waals surface area contributed by atoms with Crippen LogP contribution >= 0.6 is 15.9 Å². The second-order valence-corrected chi connectivity index (χ2v) is 3.66. The number of nitrogens with zero attached hydrogens (tertiary/aromatic N) is 1. The van der Waals surface area contributed by atoms with Gasteiger partial charge in [0, 0.05) is 24.3 Å². The molecule has 0 aliphatic rings. The molecule has 0 N–H and O–H groups in total. The fourth-order valence-corrected chi connectivity index (χ4v) is 1.49. The summed E-state index contributed by atoms with van der Waals surface area (Å²) in [6, 6.07) is 6.20. The van der Waals surface area contributed by atoms with Crippen molar-refractivity contribution < 1.29 is 0 Å². The van der Waals surface area contributed by atoms with Gasteiger partial charge >= 0.3 is 0 Å². The van der Waals surface area contributed by atoms with Crippen LogP contribution in [0.4, 0.5) is 5.69 Å². The molecule has 0 spiro atoms. The number of hydrogen-bond donors (Lipinski definition) is 0. The van der Waals surface area contributed by atoms with Crippen LogP contribution in [-0.2, 0) is 0 Å². The Morgan fingerprint density at radius 1 is 1.42 bits per heavy atom. The van der Waals surface area contributed by atoms with Crippen molar-refractivity contribution in [3.8, 4) is 0 Å². The minimum atomic E-state index is 1.09. The van der Waals surface area contributed by atoms with Crippen LogP contribution in [0.15, 0.2) is 29.3 Å². The lowest BCUT2D eigenvalue weighted by Crippen LogP contribution is -2.08. The maximum atomic E-state index is 3.72. The molecule has 1 nitrogen and oxygen atoms in total. The Labute approximate surface area is 81.8 Å². The highest BCUT2D eigenvalue weighted by Crippen LogP contribution is 2.23. The standard InChI is InChI=1S/C10H12BrN/c1-4-8-5-6-9(12(2)3)7-10(8)11/h4-7H,1H2,2-3H3. The van der Waals surface area contributed by atoms with Gasteiger partial charge in [0.1, 0.15) is 0 Å². The van der Waals surface area contributed by atoms with E-state index in [0.29, 0.717) is 0 Å². The van der Waals surface area contributed by atoms with E-state index in [0.717, 1.165) is 10.0 Å². The molecule has 0 radical (unpaired) electrons. The van der Waals surface area contributed by atoms with Crippen LogP contribution < -0.4 is 4.90 Å². The third kappa shape index (κ3) is 1.89. The summed E-state index contributed by atoms with van der Waals surface area (Å²) in [5.41, 5.74) is 2.31. The van der Waals surface area contributed by atoms with Gasteiger partial charge in [-0.15, -0.1) is 0 Å². The average Bonchev–Trinajstić information content (AvgIpc) is 2.04. The van der Waals surface area contributed by atoms with Gasteiger partial charge < -0.3 is 4.90 Å². The predicted molar refractivity (Wildman–Crippen MR) is 58.6 cm³/mol. The van der Waals surface area contributed by atoms with Gasteiger partial charge in [-0.25, -0.2) is 0 Å². The molecule has 1 aromatic rings. The van der Waals surface area contributed by atoms with E-state index in [1.54, 1.807) is 0 Å². The molecule has 0 aromatic heterocycles. The van der Waals surface area contributed by atoms with Crippen LogP contribution in [0.3, 0.4) is 0 Å². The Balaban J connectivity index is 3.10. The third-order valence-corrected chi connectivity index (χ3v) is 2.41. The van der Waals surface area contributed by atoms with E-state index in [4.69, 9.17) is 0 Å². The summed E-state index contributed by atoms with van der Waals surface area (Å²) >= 11 is 3.48. The molecule has 0 unspecified atom stereocenters. The van der Waals surface area contributed by atoms with E-state index in [9.17, 15) is 0 Å². The summed E-state index contributed by atoms with van der Waals surface area (Å²) in [7, 11) is 4.05. The van der Waals surface area contributed by atoms with Gasteiger partial charge in [0.05, 0.1) is 0 Å². The Hall–Kier alpha value is -0.760. The molecule has 0 aliphatic heterocycles. The first-order valence-electron chi connectivity index (χ1n) is 3.74. The van der Waals surface area contributed by atoms with Gasteiger partial charge in [-0.2, -0.15) is 0 Å². The second-order valence-electron chi connectivity index (χ2n) is 2.80. The van der Waals surface area contributed by atoms with Crippen LogP contribution in [0.2, 0.25) is 0 Å². The average molecular weight is 226 g/mol. The highest BCUT2D eigenvalue weighted by molar-refractivity contribution is 9.10. The first-order valence-corrected chi connectivity index (χ1v) is 4.53. The van der Waals surface area contributed by atoms with Gasteiger partial charge in [-0.05, 0) is 17.7 Å². The highest BCUT2D eigenvalue weighted by Gasteiger charge is 1.98. The molecule has 64 valence electrons. The molecule has 0 bridgehead atoms. The number of rotatable bonds is 2. The van der Waals surface area contributed by atoms with Crippen LogP contribution in [0.1, 0.15) is 5.56 Å². The first kappa shape index (κ1) is 9.33. The van der Waals surface area contributed by atoms with Crippen molar-refractivity contribution in [2.75, 3.05) is 19.0 Å². The second kappa shape index (κ2) is 3.76. The topological polar surface area (TPSA) is 3.24 Å². The van der Waals surface area contributed by atoms with Crippen molar-refractivity contribution in [3.05, 3.63) is 34.8 Å². The smallest absolute Gasteiger partial charge is 0.0372 e. The lowest BCUT2D eigenvalue weighted by Gasteiger charge is -2.13. The molecular weight excluding hydrogens is 214 g/mol. The van der Waals surface area contributed by atoms with Crippen LogP contribution in [0.25, 0.3) is 6.08 Å². The summed E-state index contributed by atoms with van der Waals surface area (Å²) in [6.45, 7) is 3.72. The highest BCUT2D eigenvalue weighted by atomic mass is 79.9. The lowest BCUT2D eigenvalue weighted by atomic mass is 10.2. The molecule has 1 rings (SSSR count). The summed E-state index contributed by atoms with van der Waals surface area (Å²) in [5, 5.41) is 0. The Morgan fingerprint density at radius 3 is 2.50 bits per heavy atom. The molecule has 0 atom stereocenters. The number of anilines is 1. The van der Waals surface area contributed by atoms with Crippen molar-refractivity contribution in [3.63, 3.8) is 0 Å². The van der Waals surface area contributed by atoms with Crippen molar-refractivity contribution in [2.24, 2.45) is 0 Å². The van der Waals surface area contributed by atoms with E-state index < -0.39 is 0 Å². The van der Waals surface area contributed by atoms with E-state index in [1.807, 2.05) is 26.2 Å². The van der Waals surface area contributed by atoms with Crippen LogP contribution in [-0.4, -0.2) is 14.1 Å². The summed E-state index contributed by atoms with van der Waals surface area (Å²) < 4.78 is 1.09. The minimum absolute atomic E-state index is 1.09. The van der Waals surface area contributed by atoms with Crippen molar-refractivity contribution in [1.29, 1.82) is 0 Å². The Kier molecular flexibility index (Phi) is 2.93. The van der Waals surface area contributed by atoms with Crippen molar-refractivity contribution in [2.45, 2.75) is 0 Å². The summed E-state index contributed by atoms with van der Waals surface area (Å²) in [4.78, 5) is 2.07. The largest absolute Gasteiger partial charge is 0.378 e. The maximum absolute atomic E-state index is 3.72. The quantitative estimate of drug-likeness (QED) is 0.748. The van der Waals surface area contributed by atoms with Crippen molar-refractivity contribution >= 4 is 27.7 Å². The summed E-state index contributed by atoms with van der Waals surface area (Å²) in [5.74, 6) is 0. The predicted octanol–water partition coefficient (Wildman–Crippen LogP) is 3.16. The molecule has 2 heteroatoms. The fourth-order valence-electron chi connectivity index (χ4n) is 0.960. The van der Waals surface area contributed by atoms with Gasteiger partial charge in [0.15, 0.2) is 0 Å². The zero-order valence-electron chi connectivity index (χ0n) is 7.34. The normalized spacial score (nSPS) is 9.58. The van der Waals surface area contributed by atoms with Crippen LogP contribution in [0.5, 0.6) is 0 Å². The molecule has 0 saturated carbocycles. The maximum Gasteiger partial charge on any atom is 0.0372 e. The van der Waals surface area contributed by atoms with Crippen LogP contribution in [0, 0.1) is 0 Å². The monoisotopic (exact) mass is 225 g/mol. The van der Waals surface area contributed by atoms with E-state index >= 15 is 0 Å². The molecule has 0 aliphatic carbocycles. The van der Waals surface area contributed by atoms with Crippen molar-refractivity contribution in [1.82, 2.24) is 0 Å². The lowest BCUT2D eigenvalue weighted by molar-refractivity contribution is 1.13.